The van der Waals surface area contributed by atoms with Crippen LogP contribution >= 0.6 is 0 Å². The van der Waals surface area contributed by atoms with Crippen LogP contribution in [0.2, 0.25) is 0 Å². The van der Waals surface area contributed by atoms with E-state index in [1.54, 1.807) is 0 Å². The lowest BCUT2D eigenvalue weighted by molar-refractivity contribution is 0.0955. The second-order valence-electron chi connectivity index (χ2n) is 6.20. The zero-order valence-electron chi connectivity index (χ0n) is 11.8. The van der Waals surface area contributed by atoms with Crippen LogP contribution in [0.4, 0.5) is 0 Å². The van der Waals surface area contributed by atoms with E-state index in [-0.39, 0.29) is 6.10 Å². The highest BCUT2D eigenvalue weighted by atomic mass is 16.5. The Balaban J connectivity index is 1.73. The van der Waals surface area contributed by atoms with Gasteiger partial charge in [-0.25, -0.2) is 0 Å². The zero-order chi connectivity index (χ0) is 13.4. The number of fused-ring (bicyclic) bond motifs is 1. The van der Waals surface area contributed by atoms with Crippen LogP contribution < -0.4 is 4.74 Å². The van der Waals surface area contributed by atoms with Gasteiger partial charge < -0.3 is 4.74 Å². The Morgan fingerprint density at radius 1 is 1.21 bits per heavy atom. The summed E-state index contributed by atoms with van der Waals surface area (Å²) in [4.78, 5) is 12.6. The van der Waals surface area contributed by atoms with E-state index in [4.69, 9.17) is 4.74 Å². The average molecular weight is 258 g/mol. The Bertz CT molecular complexity index is 466. The van der Waals surface area contributed by atoms with Gasteiger partial charge in [-0.1, -0.05) is 25.0 Å². The molecule has 2 saturated carbocycles. The smallest absolute Gasteiger partial charge is 0.166 e. The van der Waals surface area contributed by atoms with Gasteiger partial charge in [-0.2, -0.15) is 0 Å². The van der Waals surface area contributed by atoms with Gasteiger partial charge in [-0.15, -0.1) is 0 Å². The first-order valence-electron chi connectivity index (χ1n) is 7.48. The number of hydrogen-bond acceptors (Lipinski definition) is 2. The number of rotatable bonds is 4. The summed E-state index contributed by atoms with van der Waals surface area (Å²) in [6.07, 6.45) is 5.27. The Morgan fingerprint density at radius 2 is 1.89 bits per heavy atom. The summed E-state index contributed by atoms with van der Waals surface area (Å²) in [6.45, 7) is 4.01. The van der Waals surface area contributed by atoms with Crippen LogP contribution in [-0.4, -0.2) is 11.9 Å². The van der Waals surface area contributed by atoms with E-state index < -0.39 is 0 Å². The lowest BCUT2D eigenvalue weighted by Gasteiger charge is -2.10. The van der Waals surface area contributed by atoms with Gasteiger partial charge in [0.25, 0.3) is 0 Å². The van der Waals surface area contributed by atoms with E-state index >= 15 is 0 Å². The number of ketones is 1. The topological polar surface area (TPSA) is 26.3 Å². The van der Waals surface area contributed by atoms with Crippen LogP contribution in [0.3, 0.4) is 0 Å². The van der Waals surface area contributed by atoms with Gasteiger partial charge in [0, 0.05) is 11.5 Å². The summed E-state index contributed by atoms with van der Waals surface area (Å²) >= 11 is 0. The number of carbonyl (C=O) groups excluding carboxylic acids is 1. The normalized spacial score (nSPS) is 28.9. The molecule has 0 N–H and O–H groups in total. The third kappa shape index (κ3) is 2.54. The van der Waals surface area contributed by atoms with Gasteiger partial charge in [0.15, 0.2) is 5.78 Å². The fraction of sp³-hybridized carbons (Fsp3) is 0.588. The molecular formula is C17H22O2. The van der Waals surface area contributed by atoms with Crippen molar-refractivity contribution in [3.8, 4) is 5.75 Å². The zero-order valence-corrected chi connectivity index (χ0v) is 11.8. The fourth-order valence-corrected chi connectivity index (χ4v) is 3.57. The van der Waals surface area contributed by atoms with Gasteiger partial charge in [0.2, 0.25) is 0 Å². The van der Waals surface area contributed by atoms with Crippen molar-refractivity contribution in [3.63, 3.8) is 0 Å². The van der Waals surface area contributed by atoms with Crippen LogP contribution in [0.5, 0.6) is 5.75 Å². The van der Waals surface area contributed by atoms with Crippen molar-refractivity contribution in [2.45, 2.75) is 45.6 Å². The summed E-state index contributed by atoms with van der Waals surface area (Å²) in [5.41, 5.74) is 0.831. The van der Waals surface area contributed by atoms with E-state index in [0.717, 1.165) is 11.3 Å². The molecule has 2 nitrogen and oxygen atoms in total. The summed E-state index contributed by atoms with van der Waals surface area (Å²) in [6, 6.07) is 7.69. The van der Waals surface area contributed by atoms with Crippen LogP contribution in [0, 0.1) is 17.8 Å². The van der Waals surface area contributed by atoms with Crippen LogP contribution in [0.1, 0.15) is 49.9 Å². The number of Topliss-reactive ketones (excluding diaryl/α,β-unsaturated/α-hetero) is 1. The lowest BCUT2D eigenvalue weighted by Crippen LogP contribution is -2.08. The van der Waals surface area contributed by atoms with E-state index in [1.165, 1.54) is 25.7 Å². The molecule has 3 rings (SSSR count). The minimum absolute atomic E-state index is 0.147. The Kier molecular flexibility index (Phi) is 3.34. The standard InChI is InChI=1S/C17H22O2/c1-11(2)19-13-7-5-6-12(10-13)17(18)16-14-8-3-4-9-15(14)16/h5-7,10-11,14-16H,3-4,8-9H2,1-2H3. The van der Waals surface area contributed by atoms with Crippen molar-refractivity contribution in [1.82, 2.24) is 0 Å². The number of benzene rings is 1. The molecule has 2 atom stereocenters. The van der Waals surface area contributed by atoms with Crippen molar-refractivity contribution in [3.05, 3.63) is 29.8 Å². The maximum atomic E-state index is 12.6. The third-order valence-corrected chi connectivity index (χ3v) is 4.45. The first kappa shape index (κ1) is 12.7. The summed E-state index contributed by atoms with van der Waals surface area (Å²) in [7, 11) is 0. The van der Waals surface area contributed by atoms with Crippen molar-refractivity contribution < 1.29 is 9.53 Å². The molecule has 1 aromatic rings. The molecule has 0 amide bonds. The van der Waals surface area contributed by atoms with Crippen LogP contribution in [-0.2, 0) is 0 Å². The highest BCUT2D eigenvalue weighted by Gasteiger charge is 2.54. The first-order chi connectivity index (χ1) is 9.16. The first-order valence-corrected chi connectivity index (χ1v) is 7.48. The van der Waals surface area contributed by atoms with Crippen molar-refractivity contribution in [2.75, 3.05) is 0 Å². The molecule has 102 valence electrons. The van der Waals surface area contributed by atoms with Gasteiger partial charge >= 0.3 is 0 Å². The van der Waals surface area contributed by atoms with Crippen molar-refractivity contribution >= 4 is 5.78 Å². The molecule has 0 spiro atoms. The molecule has 0 saturated heterocycles. The van der Waals surface area contributed by atoms with Gasteiger partial charge in [0.1, 0.15) is 5.75 Å². The maximum absolute atomic E-state index is 12.6. The number of ether oxygens (including phenoxy) is 1. The highest BCUT2D eigenvalue weighted by Crippen LogP contribution is 2.56. The monoisotopic (exact) mass is 258 g/mol. The average Bonchev–Trinajstić information content (AvgIpc) is 3.11. The number of carbonyl (C=O) groups is 1. The van der Waals surface area contributed by atoms with Crippen LogP contribution in [0.15, 0.2) is 24.3 Å². The molecule has 0 radical (unpaired) electrons. The predicted octanol–water partition coefficient (Wildman–Crippen LogP) is 4.09. The Hall–Kier alpha value is -1.31. The molecule has 2 fully saturated rings. The summed E-state index contributed by atoms with van der Waals surface area (Å²) < 4.78 is 5.67. The largest absolute Gasteiger partial charge is 0.491 e. The lowest BCUT2D eigenvalue weighted by atomic mass is 10.0. The Morgan fingerprint density at radius 3 is 2.53 bits per heavy atom. The summed E-state index contributed by atoms with van der Waals surface area (Å²) in [5, 5.41) is 0. The van der Waals surface area contributed by atoms with Crippen molar-refractivity contribution in [2.24, 2.45) is 17.8 Å². The van der Waals surface area contributed by atoms with E-state index in [1.807, 2.05) is 38.1 Å². The SMILES string of the molecule is CC(C)Oc1cccc(C(=O)C2C3CCCCC32)c1. The third-order valence-electron chi connectivity index (χ3n) is 4.45. The molecule has 2 aliphatic carbocycles. The Labute approximate surface area is 115 Å². The molecule has 0 heterocycles. The molecule has 2 aliphatic rings. The molecule has 19 heavy (non-hydrogen) atoms. The second kappa shape index (κ2) is 4.99. The van der Waals surface area contributed by atoms with Gasteiger partial charge in [-0.3, -0.25) is 4.79 Å². The fourth-order valence-electron chi connectivity index (χ4n) is 3.57. The minimum atomic E-state index is 0.147. The van der Waals surface area contributed by atoms with Crippen molar-refractivity contribution in [1.29, 1.82) is 0 Å². The highest BCUT2D eigenvalue weighted by molar-refractivity contribution is 6.00. The second-order valence-corrected chi connectivity index (χ2v) is 6.20. The quantitative estimate of drug-likeness (QED) is 0.760. The number of hydrogen-bond donors (Lipinski definition) is 0. The van der Waals surface area contributed by atoms with E-state index in [9.17, 15) is 4.79 Å². The van der Waals surface area contributed by atoms with E-state index in [0.29, 0.717) is 23.5 Å². The molecule has 0 aliphatic heterocycles. The van der Waals surface area contributed by atoms with Crippen LogP contribution in [0.25, 0.3) is 0 Å². The maximum Gasteiger partial charge on any atom is 0.166 e. The van der Waals surface area contributed by atoms with Gasteiger partial charge in [-0.05, 0) is 50.7 Å². The molecular weight excluding hydrogens is 236 g/mol. The molecule has 0 aromatic heterocycles. The molecule has 1 aromatic carbocycles. The molecule has 0 bridgehead atoms. The molecule has 2 unspecified atom stereocenters. The van der Waals surface area contributed by atoms with E-state index in [2.05, 4.69) is 0 Å². The summed E-state index contributed by atoms with van der Waals surface area (Å²) in [5.74, 6) is 2.80. The predicted molar refractivity (Wildman–Crippen MR) is 75.5 cm³/mol. The van der Waals surface area contributed by atoms with Gasteiger partial charge in [0.05, 0.1) is 6.10 Å². The minimum Gasteiger partial charge on any atom is -0.491 e. The molecule has 2 heteroatoms.